The van der Waals surface area contributed by atoms with Crippen molar-refractivity contribution in [3.05, 3.63) is 95.8 Å². The molecule has 2 aliphatic rings. The van der Waals surface area contributed by atoms with Crippen molar-refractivity contribution in [2.45, 2.75) is 44.9 Å². The number of amides is 1. The number of hydrogen-bond donors (Lipinski definition) is 0. The number of aromatic nitrogens is 1. The zero-order valence-electron chi connectivity index (χ0n) is 19.9. The number of likely N-dealkylation sites (tertiary alicyclic amines) is 2. The Morgan fingerprint density at radius 1 is 0.971 bits per heavy atom. The molecule has 1 aromatic heterocycles. The molecule has 0 aliphatic carbocycles. The molecule has 5 nitrogen and oxygen atoms in total. The zero-order valence-corrected chi connectivity index (χ0v) is 19.9. The summed E-state index contributed by atoms with van der Waals surface area (Å²) in [7, 11) is 1.99. The number of carbonyl (C=O) groups is 1. The summed E-state index contributed by atoms with van der Waals surface area (Å²) in [6, 6.07) is 25.0. The van der Waals surface area contributed by atoms with Crippen LogP contribution in [0.3, 0.4) is 0 Å². The molecule has 1 atom stereocenters. The molecule has 5 rings (SSSR count). The van der Waals surface area contributed by atoms with Crippen LogP contribution in [-0.2, 0) is 24.4 Å². The number of rotatable bonds is 7. The van der Waals surface area contributed by atoms with E-state index >= 15 is 0 Å². The lowest BCUT2D eigenvalue weighted by Crippen LogP contribution is -2.43. The van der Waals surface area contributed by atoms with Gasteiger partial charge < -0.3 is 9.64 Å². The Kier molecular flexibility index (Phi) is 6.63. The van der Waals surface area contributed by atoms with E-state index in [0.29, 0.717) is 18.6 Å². The number of hydrogen-bond acceptors (Lipinski definition) is 4. The van der Waals surface area contributed by atoms with Gasteiger partial charge in [0.05, 0.1) is 11.1 Å². The normalized spacial score (nSPS) is 20.1. The molecule has 0 radical (unpaired) electrons. The summed E-state index contributed by atoms with van der Waals surface area (Å²) >= 11 is 0. The molecule has 34 heavy (non-hydrogen) atoms. The predicted octanol–water partition coefficient (Wildman–Crippen LogP) is 4.72. The number of benzene rings is 2. The van der Waals surface area contributed by atoms with E-state index in [9.17, 15) is 4.79 Å². The minimum atomic E-state index is -0.195. The van der Waals surface area contributed by atoms with Gasteiger partial charge in [-0.3, -0.25) is 14.7 Å². The lowest BCUT2D eigenvalue weighted by Gasteiger charge is -2.38. The summed E-state index contributed by atoms with van der Waals surface area (Å²) in [5.74, 6) is 1.25. The van der Waals surface area contributed by atoms with E-state index in [1.807, 2.05) is 48.3 Å². The van der Waals surface area contributed by atoms with Gasteiger partial charge in [-0.25, -0.2) is 0 Å². The zero-order chi connectivity index (χ0) is 23.4. The minimum Gasteiger partial charge on any atom is -0.487 e. The van der Waals surface area contributed by atoms with E-state index in [4.69, 9.17) is 4.74 Å². The summed E-state index contributed by atoms with van der Waals surface area (Å²) in [6.07, 6.45) is 5.56. The number of likely N-dealkylation sites (N-methyl/N-ethyl adjacent to an activating group) is 1. The lowest BCUT2D eigenvalue weighted by molar-refractivity contribution is -0.137. The fraction of sp³-hybridized carbons (Fsp3) is 0.379. The molecule has 0 N–H and O–H groups in total. The van der Waals surface area contributed by atoms with Crippen LogP contribution in [0.25, 0.3) is 0 Å². The molecule has 1 spiro atoms. The van der Waals surface area contributed by atoms with Crippen LogP contribution in [0.4, 0.5) is 0 Å². The van der Waals surface area contributed by atoms with Crippen molar-refractivity contribution in [1.82, 2.24) is 14.8 Å². The number of piperidine rings is 1. The Balaban J connectivity index is 1.19. The smallest absolute Gasteiger partial charge is 0.228 e. The Morgan fingerprint density at radius 2 is 1.71 bits per heavy atom. The Bertz CT molecular complexity index is 1090. The third kappa shape index (κ3) is 4.85. The minimum absolute atomic E-state index is 0.195. The summed E-state index contributed by atoms with van der Waals surface area (Å²) in [4.78, 5) is 22.1. The van der Waals surface area contributed by atoms with Gasteiger partial charge in [0.15, 0.2) is 0 Å². The number of ether oxygens (including phenoxy) is 1. The van der Waals surface area contributed by atoms with Gasteiger partial charge in [0, 0.05) is 31.4 Å². The fourth-order valence-corrected chi connectivity index (χ4v) is 5.52. The van der Waals surface area contributed by atoms with Crippen LogP contribution < -0.4 is 4.74 Å². The van der Waals surface area contributed by atoms with E-state index in [1.54, 1.807) is 6.20 Å². The highest BCUT2D eigenvalue weighted by Crippen LogP contribution is 2.45. The highest BCUT2D eigenvalue weighted by molar-refractivity contribution is 5.85. The average molecular weight is 456 g/mol. The van der Waals surface area contributed by atoms with Crippen LogP contribution in [0.15, 0.2) is 79.0 Å². The molecule has 2 aliphatic heterocycles. The third-order valence-electron chi connectivity index (χ3n) is 7.54. The van der Waals surface area contributed by atoms with Crippen molar-refractivity contribution in [3.63, 3.8) is 0 Å². The molecular formula is C29H33N3O2. The van der Waals surface area contributed by atoms with Crippen molar-refractivity contribution in [1.29, 1.82) is 0 Å². The van der Waals surface area contributed by atoms with Crippen LogP contribution in [0.1, 0.15) is 36.1 Å². The fourth-order valence-electron chi connectivity index (χ4n) is 5.52. The summed E-state index contributed by atoms with van der Waals surface area (Å²) in [6.45, 7) is 3.18. The number of para-hydroxylation sites is 1. The number of pyridine rings is 1. The summed E-state index contributed by atoms with van der Waals surface area (Å²) in [5.41, 5.74) is 3.22. The molecule has 2 aromatic carbocycles. The summed E-state index contributed by atoms with van der Waals surface area (Å²) in [5, 5.41) is 0. The van der Waals surface area contributed by atoms with Crippen molar-refractivity contribution < 1.29 is 9.53 Å². The molecule has 3 aromatic rings. The van der Waals surface area contributed by atoms with Gasteiger partial charge >= 0.3 is 0 Å². The number of nitrogens with zero attached hydrogens (tertiary/aromatic N) is 3. The summed E-state index contributed by atoms with van der Waals surface area (Å²) < 4.78 is 6.11. The molecule has 176 valence electrons. The van der Waals surface area contributed by atoms with Crippen molar-refractivity contribution in [2.75, 3.05) is 20.1 Å². The second-order valence-corrected chi connectivity index (χ2v) is 9.74. The van der Waals surface area contributed by atoms with E-state index < -0.39 is 0 Å². The SMILES string of the molecule is CN1C(=O)C2(CCN(Cc3ccccc3OCc3ccccn3)CC2)C[C@@H]1Cc1ccccc1. The van der Waals surface area contributed by atoms with E-state index in [-0.39, 0.29) is 5.41 Å². The van der Waals surface area contributed by atoms with Crippen molar-refractivity contribution in [3.8, 4) is 5.75 Å². The average Bonchev–Trinajstić information content (AvgIpc) is 3.10. The second-order valence-electron chi connectivity index (χ2n) is 9.74. The first-order valence-electron chi connectivity index (χ1n) is 12.3. The maximum atomic E-state index is 13.3. The molecule has 0 saturated carbocycles. The van der Waals surface area contributed by atoms with Gasteiger partial charge in [0.1, 0.15) is 12.4 Å². The van der Waals surface area contributed by atoms with Crippen LogP contribution in [0.5, 0.6) is 5.75 Å². The predicted molar refractivity (Wildman–Crippen MR) is 133 cm³/mol. The second kappa shape index (κ2) is 9.98. The van der Waals surface area contributed by atoms with Gasteiger partial charge in [-0.05, 0) is 62.5 Å². The third-order valence-corrected chi connectivity index (χ3v) is 7.54. The first kappa shape index (κ1) is 22.6. The molecule has 5 heteroatoms. The van der Waals surface area contributed by atoms with Gasteiger partial charge in [-0.2, -0.15) is 0 Å². The first-order valence-corrected chi connectivity index (χ1v) is 12.3. The number of carbonyl (C=O) groups excluding carboxylic acids is 1. The van der Waals surface area contributed by atoms with Crippen LogP contribution >= 0.6 is 0 Å². The molecular weight excluding hydrogens is 422 g/mol. The Labute approximate surface area is 202 Å². The lowest BCUT2D eigenvalue weighted by atomic mass is 9.75. The van der Waals surface area contributed by atoms with Gasteiger partial charge in [0.25, 0.3) is 0 Å². The van der Waals surface area contributed by atoms with Gasteiger partial charge in [-0.1, -0.05) is 54.6 Å². The quantitative estimate of drug-likeness (QED) is 0.517. The van der Waals surface area contributed by atoms with Crippen LogP contribution in [-0.4, -0.2) is 46.9 Å². The maximum absolute atomic E-state index is 13.3. The largest absolute Gasteiger partial charge is 0.487 e. The molecule has 3 heterocycles. The maximum Gasteiger partial charge on any atom is 0.228 e. The monoisotopic (exact) mass is 455 g/mol. The van der Waals surface area contributed by atoms with Gasteiger partial charge in [-0.15, -0.1) is 0 Å². The van der Waals surface area contributed by atoms with E-state index in [2.05, 4.69) is 46.3 Å². The highest BCUT2D eigenvalue weighted by Gasteiger charge is 2.51. The van der Waals surface area contributed by atoms with Crippen molar-refractivity contribution >= 4 is 5.91 Å². The first-order chi connectivity index (χ1) is 16.6. The van der Waals surface area contributed by atoms with Gasteiger partial charge in [0.2, 0.25) is 5.91 Å². The van der Waals surface area contributed by atoms with E-state index in [0.717, 1.165) is 56.8 Å². The van der Waals surface area contributed by atoms with Crippen LogP contribution in [0, 0.1) is 5.41 Å². The topological polar surface area (TPSA) is 45.7 Å². The molecule has 1 amide bonds. The molecule has 0 unspecified atom stereocenters. The highest BCUT2D eigenvalue weighted by atomic mass is 16.5. The van der Waals surface area contributed by atoms with E-state index in [1.165, 1.54) is 11.1 Å². The Morgan fingerprint density at radius 3 is 2.47 bits per heavy atom. The molecule has 0 bridgehead atoms. The van der Waals surface area contributed by atoms with Crippen LogP contribution in [0.2, 0.25) is 0 Å². The molecule has 2 saturated heterocycles. The molecule has 2 fully saturated rings. The Hall–Kier alpha value is -3.18. The van der Waals surface area contributed by atoms with Crippen molar-refractivity contribution in [2.24, 2.45) is 5.41 Å². The standard InChI is InChI=1S/C29H33N3O2/c1-31-26(19-23-9-3-2-4-10-23)20-29(28(31)33)14-17-32(18-15-29)21-24-11-5-6-13-27(24)34-22-25-12-7-8-16-30-25/h2-13,16,26H,14-15,17-22H2,1H3/t26-/m0/s1.